The molecule has 2 N–H and O–H groups in total. The number of para-hydroxylation sites is 1. The van der Waals surface area contributed by atoms with Gasteiger partial charge in [-0.3, -0.25) is 4.79 Å². The van der Waals surface area contributed by atoms with E-state index in [1.807, 2.05) is 73.7 Å². The number of nitrogens with one attached hydrogen (secondary N) is 2. The third-order valence-electron chi connectivity index (χ3n) is 4.22. The van der Waals surface area contributed by atoms with Crippen LogP contribution in [0.1, 0.15) is 29.9 Å². The fraction of sp³-hybridized carbons (Fsp3) is 0.261. The van der Waals surface area contributed by atoms with E-state index in [2.05, 4.69) is 10.6 Å². The van der Waals surface area contributed by atoms with Gasteiger partial charge in [-0.05, 0) is 55.3 Å². The van der Waals surface area contributed by atoms with Gasteiger partial charge in [0.15, 0.2) is 0 Å². The molecule has 2 aromatic carbocycles. The van der Waals surface area contributed by atoms with E-state index in [1.165, 1.54) is 0 Å². The molecule has 1 heterocycles. The van der Waals surface area contributed by atoms with Gasteiger partial charge in [0.05, 0.1) is 13.2 Å². The Bertz CT molecular complexity index is 857. The van der Waals surface area contributed by atoms with E-state index in [0.29, 0.717) is 26.0 Å². The maximum absolute atomic E-state index is 12.1. The van der Waals surface area contributed by atoms with Crippen molar-refractivity contribution in [2.45, 2.75) is 32.9 Å². The number of hydrogen-bond acceptors (Lipinski definition) is 4. The van der Waals surface area contributed by atoms with Crippen LogP contribution in [-0.2, 0) is 17.9 Å². The molecule has 0 spiro atoms. The van der Waals surface area contributed by atoms with Gasteiger partial charge in [-0.1, -0.05) is 30.3 Å². The van der Waals surface area contributed by atoms with Gasteiger partial charge >= 0.3 is 0 Å². The van der Waals surface area contributed by atoms with Crippen molar-refractivity contribution in [2.24, 2.45) is 0 Å². The fourth-order valence-electron chi connectivity index (χ4n) is 2.78. The normalized spacial score (nSPS) is 10.6. The van der Waals surface area contributed by atoms with E-state index in [1.54, 1.807) is 0 Å². The lowest BCUT2D eigenvalue weighted by molar-refractivity contribution is -0.116. The maximum Gasteiger partial charge on any atom is 0.224 e. The number of hydrogen-bond donors (Lipinski definition) is 2. The van der Waals surface area contributed by atoms with Crippen molar-refractivity contribution in [3.8, 4) is 5.75 Å². The molecule has 1 aromatic heterocycles. The van der Waals surface area contributed by atoms with Gasteiger partial charge in [-0.2, -0.15) is 0 Å². The van der Waals surface area contributed by atoms with Crippen molar-refractivity contribution in [1.29, 1.82) is 0 Å². The highest BCUT2D eigenvalue weighted by Gasteiger charge is 2.04. The minimum absolute atomic E-state index is 0.00396. The molecule has 1 amide bonds. The zero-order valence-corrected chi connectivity index (χ0v) is 16.1. The van der Waals surface area contributed by atoms with Crippen molar-refractivity contribution in [3.63, 3.8) is 0 Å². The monoisotopic (exact) mass is 378 g/mol. The molecule has 0 unspecified atom stereocenters. The van der Waals surface area contributed by atoms with E-state index < -0.39 is 0 Å². The van der Waals surface area contributed by atoms with Crippen molar-refractivity contribution in [1.82, 2.24) is 5.32 Å². The zero-order valence-electron chi connectivity index (χ0n) is 16.1. The van der Waals surface area contributed by atoms with Crippen LogP contribution in [0.15, 0.2) is 71.1 Å². The highest BCUT2D eigenvalue weighted by atomic mass is 16.5. The van der Waals surface area contributed by atoms with E-state index >= 15 is 0 Å². The highest BCUT2D eigenvalue weighted by molar-refractivity contribution is 5.90. The fourth-order valence-corrected chi connectivity index (χ4v) is 2.78. The molecule has 0 fully saturated rings. The van der Waals surface area contributed by atoms with Crippen LogP contribution in [0.3, 0.4) is 0 Å². The molecule has 3 aromatic rings. The number of benzene rings is 2. The van der Waals surface area contributed by atoms with Crippen molar-refractivity contribution < 1.29 is 13.9 Å². The molecule has 0 bridgehead atoms. The van der Waals surface area contributed by atoms with Crippen LogP contribution in [0.5, 0.6) is 5.75 Å². The second-order valence-electron chi connectivity index (χ2n) is 6.63. The number of carbonyl (C=O) groups excluding carboxylic acids is 1. The van der Waals surface area contributed by atoms with Crippen molar-refractivity contribution >= 4 is 11.6 Å². The standard InChI is InChI=1S/C23H26N2O3/c1-18-9-14-22(28-18)17-24-16-19-10-12-20(13-11-19)25-23(26)8-5-15-27-21-6-3-2-4-7-21/h2-4,6-7,9-14,24H,5,8,15-17H2,1H3,(H,25,26). The average molecular weight is 378 g/mol. The summed E-state index contributed by atoms with van der Waals surface area (Å²) < 4.78 is 11.1. The Hall–Kier alpha value is -3.05. The van der Waals surface area contributed by atoms with Gasteiger partial charge in [0.1, 0.15) is 17.3 Å². The summed E-state index contributed by atoms with van der Waals surface area (Å²) in [5.41, 5.74) is 1.96. The molecular weight excluding hydrogens is 352 g/mol. The summed E-state index contributed by atoms with van der Waals surface area (Å²) in [6.07, 6.45) is 1.10. The highest BCUT2D eigenvalue weighted by Crippen LogP contribution is 2.12. The van der Waals surface area contributed by atoms with Crippen LogP contribution in [0.2, 0.25) is 0 Å². The smallest absolute Gasteiger partial charge is 0.224 e. The molecule has 3 rings (SSSR count). The molecule has 5 nitrogen and oxygen atoms in total. The van der Waals surface area contributed by atoms with Crippen LogP contribution in [0.4, 0.5) is 5.69 Å². The van der Waals surface area contributed by atoms with Crippen LogP contribution >= 0.6 is 0 Å². The number of rotatable bonds is 10. The number of aryl methyl sites for hydroxylation is 1. The predicted molar refractivity (Wildman–Crippen MR) is 110 cm³/mol. The molecule has 146 valence electrons. The first-order valence-electron chi connectivity index (χ1n) is 9.52. The number of ether oxygens (including phenoxy) is 1. The van der Waals surface area contributed by atoms with Crippen molar-refractivity contribution in [2.75, 3.05) is 11.9 Å². The first-order chi connectivity index (χ1) is 13.7. The van der Waals surface area contributed by atoms with Crippen LogP contribution in [0, 0.1) is 6.92 Å². The predicted octanol–water partition coefficient (Wildman–Crippen LogP) is 4.68. The first kappa shape index (κ1) is 19.7. The summed E-state index contributed by atoms with van der Waals surface area (Å²) in [6, 6.07) is 21.4. The molecule has 0 atom stereocenters. The molecular formula is C23H26N2O3. The van der Waals surface area contributed by atoms with E-state index in [-0.39, 0.29) is 5.91 Å². The second kappa shape index (κ2) is 10.3. The quantitative estimate of drug-likeness (QED) is 0.503. The third kappa shape index (κ3) is 6.59. The summed E-state index contributed by atoms with van der Waals surface area (Å²) in [4.78, 5) is 12.1. The van der Waals surface area contributed by atoms with Crippen LogP contribution < -0.4 is 15.4 Å². The molecule has 0 radical (unpaired) electrons. The number of anilines is 1. The van der Waals surface area contributed by atoms with Gasteiger partial charge in [0.25, 0.3) is 0 Å². The summed E-state index contributed by atoms with van der Waals surface area (Å²) in [6.45, 7) is 3.90. The minimum Gasteiger partial charge on any atom is -0.494 e. The molecule has 0 aliphatic rings. The summed E-state index contributed by atoms with van der Waals surface area (Å²) in [7, 11) is 0. The second-order valence-corrected chi connectivity index (χ2v) is 6.63. The molecule has 0 aliphatic carbocycles. The lowest BCUT2D eigenvalue weighted by atomic mass is 10.2. The molecule has 0 saturated carbocycles. The lowest BCUT2D eigenvalue weighted by Crippen LogP contribution is -2.14. The first-order valence-corrected chi connectivity index (χ1v) is 9.52. The Morgan fingerprint density at radius 1 is 0.964 bits per heavy atom. The van der Waals surface area contributed by atoms with Gasteiger partial charge in [-0.15, -0.1) is 0 Å². The molecule has 0 aliphatic heterocycles. The average Bonchev–Trinajstić information content (AvgIpc) is 3.12. The molecule has 28 heavy (non-hydrogen) atoms. The minimum atomic E-state index is -0.00396. The van der Waals surface area contributed by atoms with Gasteiger partial charge in [0.2, 0.25) is 5.91 Å². The Labute approximate surface area is 165 Å². The summed E-state index contributed by atoms with van der Waals surface area (Å²) in [5.74, 6) is 2.67. The SMILES string of the molecule is Cc1ccc(CNCc2ccc(NC(=O)CCCOc3ccccc3)cc2)o1. The summed E-state index contributed by atoms with van der Waals surface area (Å²) in [5, 5.41) is 6.27. The van der Waals surface area contributed by atoms with Gasteiger partial charge < -0.3 is 19.8 Å². The Morgan fingerprint density at radius 2 is 1.75 bits per heavy atom. The Morgan fingerprint density at radius 3 is 2.46 bits per heavy atom. The lowest BCUT2D eigenvalue weighted by Gasteiger charge is -2.08. The van der Waals surface area contributed by atoms with Crippen LogP contribution in [-0.4, -0.2) is 12.5 Å². The van der Waals surface area contributed by atoms with Gasteiger partial charge in [0, 0.05) is 18.7 Å². The Kier molecular flexibility index (Phi) is 7.27. The van der Waals surface area contributed by atoms with Gasteiger partial charge in [-0.25, -0.2) is 0 Å². The van der Waals surface area contributed by atoms with E-state index in [4.69, 9.17) is 9.15 Å². The van der Waals surface area contributed by atoms with E-state index in [9.17, 15) is 4.79 Å². The zero-order chi connectivity index (χ0) is 19.6. The topological polar surface area (TPSA) is 63.5 Å². The molecule has 5 heteroatoms. The van der Waals surface area contributed by atoms with Crippen LogP contribution in [0.25, 0.3) is 0 Å². The number of furan rings is 1. The maximum atomic E-state index is 12.1. The number of carbonyl (C=O) groups is 1. The third-order valence-corrected chi connectivity index (χ3v) is 4.22. The number of amides is 1. The van der Waals surface area contributed by atoms with E-state index in [0.717, 1.165) is 35.1 Å². The largest absolute Gasteiger partial charge is 0.494 e. The summed E-state index contributed by atoms with van der Waals surface area (Å²) >= 11 is 0. The Balaban J connectivity index is 1.33. The van der Waals surface area contributed by atoms with Crippen molar-refractivity contribution in [3.05, 3.63) is 83.8 Å². The molecule has 0 saturated heterocycles.